The smallest absolute Gasteiger partial charge is 0.390 e. The quantitative estimate of drug-likeness (QED) is 0.403. The first-order valence-electron chi connectivity index (χ1n) is 12.0. The van der Waals surface area contributed by atoms with Crippen LogP contribution in [0, 0.1) is 0 Å². The molecule has 0 atom stereocenters. The van der Waals surface area contributed by atoms with E-state index in [9.17, 15) is 9.90 Å². The maximum Gasteiger partial charge on any atom is 0.553 e. The van der Waals surface area contributed by atoms with E-state index in [1.54, 1.807) is 0 Å². The molecule has 6 rings (SSSR count). The lowest BCUT2D eigenvalue weighted by Gasteiger charge is -2.28. The molecule has 1 aromatic carbocycles. The number of aromatic nitrogens is 1. The molecular weight excluding hydrogens is 441 g/mol. The molecule has 1 saturated heterocycles. The van der Waals surface area contributed by atoms with E-state index < -0.39 is 0 Å². The highest BCUT2D eigenvalue weighted by molar-refractivity contribution is 6.41. The van der Waals surface area contributed by atoms with E-state index in [-0.39, 0.29) is 12.5 Å². The molecule has 0 bridgehead atoms. The first-order chi connectivity index (χ1) is 17.1. The monoisotopic (exact) mass is 469 g/mol. The average Bonchev–Trinajstić information content (AvgIpc) is 3.61. The fourth-order valence-electron chi connectivity index (χ4n) is 5.12. The van der Waals surface area contributed by atoms with E-state index in [0.29, 0.717) is 5.70 Å². The van der Waals surface area contributed by atoms with Crippen LogP contribution in [0.3, 0.4) is 0 Å². The molecule has 1 fully saturated rings. The number of amides is 1. The van der Waals surface area contributed by atoms with Crippen LogP contribution in [-0.2, 0) is 4.79 Å². The van der Waals surface area contributed by atoms with Gasteiger partial charge in [0.15, 0.2) is 0 Å². The van der Waals surface area contributed by atoms with Gasteiger partial charge < -0.3 is 20.3 Å². The lowest BCUT2D eigenvalue weighted by Crippen LogP contribution is -2.45. The Bertz CT molecular complexity index is 1300. The lowest BCUT2D eigenvalue weighted by molar-refractivity contribution is -0.539. The summed E-state index contributed by atoms with van der Waals surface area (Å²) in [7, 11) is 2.14. The number of rotatable bonds is 4. The summed E-state index contributed by atoms with van der Waals surface area (Å²) in [5.74, 6) is 2.03. The second-order valence-electron chi connectivity index (χ2n) is 9.11. The highest BCUT2D eigenvalue weighted by Crippen LogP contribution is 2.38. The minimum atomic E-state index is -0.0849. The molecule has 1 radical (unpaired) electrons. The Morgan fingerprint density at radius 2 is 1.91 bits per heavy atom. The number of carbonyl (C=O) groups is 1. The standard InChI is InChI=1S/C25H27BN7O2/c1-17(35)27-19-7-5-18(6-8-19)25-21-9-11-23(30-13-3-2-4-14-30)32(21)26-33-22(25)10-12-24(33)31-15-20(16-34)28-29-31/h5-12,15,28-29,34H,2-4,13-14,16H2,1H3/p+1. The number of allylic oxidation sites excluding steroid dienone is 1. The molecule has 0 aliphatic carbocycles. The van der Waals surface area contributed by atoms with Gasteiger partial charge in [0.25, 0.3) is 5.84 Å². The van der Waals surface area contributed by atoms with E-state index in [1.165, 1.54) is 32.0 Å². The van der Waals surface area contributed by atoms with Crippen LogP contribution in [0.2, 0.25) is 0 Å². The summed E-state index contributed by atoms with van der Waals surface area (Å²) in [6.07, 6.45) is 9.97. The Morgan fingerprint density at radius 3 is 2.63 bits per heavy atom. The molecule has 4 N–H and O–H groups in total. The lowest BCUT2D eigenvalue weighted by atomic mass is 9.91. The highest BCUT2D eigenvalue weighted by Gasteiger charge is 2.41. The number of amidine groups is 1. The van der Waals surface area contributed by atoms with Crippen molar-refractivity contribution in [2.24, 2.45) is 0 Å². The van der Waals surface area contributed by atoms with E-state index >= 15 is 0 Å². The van der Waals surface area contributed by atoms with E-state index in [4.69, 9.17) is 0 Å². The highest BCUT2D eigenvalue weighted by atomic mass is 16.3. The first kappa shape index (κ1) is 21.8. The number of carbonyl (C=O) groups excluding carboxylic acids is 1. The summed E-state index contributed by atoms with van der Waals surface area (Å²) in [6.45, 7) is 3.56. The van der Waals surface area contributed by atoms with Crippen molar-refractivity contribution in [1.82, 2.24) is 20.2 Å². The minimum Gasteiger partial charge on any atom is -0.390 e. The molecule has 4 aliphatic heterocycles. The van der Waals surface area contributed by atoms with Gasteiger partial charge >= 0.3 is 7.55 Å². The van der Waals surface area contributed by atoms with Crippen molar-refractivity contribution in [3.8, 4) is 0 Å². The normalized spacial score (nSPS) is 18.9. The van der Waals surface area contributed by atoms with Gasteiger partial charge in [-0.3, -0.25) is 14.2 Å². The summed E-state index contributed by atoms with van der Waals surface area (Å²) in [6, 6.07) is 12.2. The van der Waals surface area contributed by atoms with Crippen molar-refractivity contribution in [3.63, 3.8) is 0 Å². The van der Waals surface area contributed by atoms with Crippen LogP contribution in [0.15, 0.2) is 66.1 Å². The van der Waals surface area contributed by atoms with Crippen molar-refractivity contribution in [2.75, 3.05) is 30.0 Å². The van der Waals surface area contributed by atoms with Crippen molar-refractivity contribution in [1.29, 1.82) is 0 Å². The number of nitrogens with zero attached hydrogens (tertiary/aromatic N) is 4. The Morgan fingerprint density at radius 1 is 1.11 bits per heavy atom. The fraction of sp³-hybridized carbons (Fsp3) is 0.280. The summed E-state index contributed by atoms with van der Waals surface area (Å²) in [5, 5.41) is 14.2. The van der Waals surface area contributed by atoms with Gasteiger partial charge in [-0.05, 0) is 55.2 Å². The minimum absolute atomic E-state index is 0.0698. The third-order valence-corrected chi connectivity index (χ3v) is 6.75. The Hall–Kier alpha value is -3.76. The zero-order valence-electron chi connectivity index (χ0n) is 19.7. The zero-order chi connectivity index (χ0) is 23.9. The molecule has 2 aromatic rings. The first-order valence-corrected chi connectivity index (χ1v) is 12.0. The molecule has 35 heavy (non-hydrogen) atoms. The van der Waals surface area contributed by atoms with Crippen LogP contribution in [0.1, 0.15) is 37.4 Å². The predicted octanol–water partition coefficient (Wildman–Crippen LogP) is 1.73. The van der Waals surface area contributed by atoms with Gasteiger partial charge in [0.05, 0.1) is 25.4 Å². The maximum atomic E-state index is 11.5. The average molecular weight is 469 g/mol. The van der Waals surface area contributed by atoms with E-state index in [2.05, 4.69) is 74.1 Å². The number of aliphatic hydroxyl groups is 1. The van der Waals surface area contributed by atoms with Gasteiger partial charge in [0.2, 0.25) is 5.91 Å². The van der Waals surface area contributed by atoms with Crippen LogP contribution in [0.4, 0.5) is 11.5 Å². The SMILES string of the molecule is CC(=O)Nc1ccc(C2=C3C=CC(=[N+]4CCCCC4)N3[B]n3c2ccc3N2C=C(CO)NN2)cc1. The van der Waals surface area contributed by atoms with E-state index in [0.717, 1.165) is 47.1 Å². The van der Waals surface area contributed by atoms with Gasteiger partial charge in [0.1, 0.15) is 11.5 Å². The molecule has 0 saturated carbocycles. The molecule has 1 amide bonds. The van der Waals surface area contributed by atoms with Gasteiger partial charge in [-0.2, -0.15) is 0 Å². The number of nitrogens with one attached hydrogen (secondary N) is 3. The van der Waals surface area contributed by atoms with E-state index in [1.807, 2.05) is 23.3 Å². The second kappa shape index (κ2) is 8.79. The third-order valence-electron chi connectivity index (χ3n) is 6.75. The van der Waals surface area contributed by atoms with Crippen LogP contribution < -0.4 is 21.3 Å². The molecule has 5 heterocycles. The van der Waals surface area contributed by atoms with Crippen LogP contribution in [-0.4, -0.2) is 58.0 Å². The molecule has 177 valence electrons. The predicted molar refractivity (Wildman–Crippen MR) is 136 cm³/mol. The summed E-state index contributed by atoms with van der Waals surface area (Å²) >= 11 is 0. The summed E-state index contributed by atoms with van der Waals surface area (Å²) in [4.78, 5) is 13.8. The number of piperidine rings is 1. The fourth-order valence-corrected chi connectivity index (χ4v) is 5.12. The van der Waals surface area contributed by atoms with Gasteiger partial charge in [-0.1, -0.05) is 12.1 Å². The van der Waals surface area contributed by atoms with Crippen LogP contribution >= 0.6 is 0 Å². The molecule has 0 unspecified atom stereocenters. The van der Waals surface area contributed by atoms with Gasteiger partial charge in [-0.25, -0.2) is 5.01 Å². The van der Waals surface area contributed by atoms with Crippen LogP contribution in [0.25, 0.3) is 5.57 Å². The molecular formula is C25H28BN7O2+. The number of hydrogen-bond acceptors (Lipinski definition) is 5. The molecule has 1 aromatic heterocycles. The largest absolute Gasteiger partial charge is 0.553 e. The molecule has 0 spiro atoms. The maximum absolute atomic E-state index is 11.5. The number of benzene rings is 1. The molecule has 10 heteroatoms. The number of aliphatic hydroxyl groups excluding tert-OH is 1. The summed E-state index contributed by atoms with van der Waals surface area (Å²) < 4.78 is 4.64. The summed E-state index contributed by atoms with van der Waals surface area (Å²) in [5.41, 5.74) is 12.0. The Labute approximate surface area is 204 Å². The number of hydrazine groups is 2. The van der Waals surface area contributed by atoms with Crippen molar-refractivity contribution in [3.05, 3.63) is 77.4 Å². The topological polar surface area (TPSA) is 87.8 Å². The van der Waals surface area contributed by atoms with Crippen molar-refractivity contribution >= 4 is 36.4 Å². The van der Waals surface area contributed by atoms with Crippen molar-refractivity contribution < 1.29 is 14.5 Å². The Kier molecular flexibility index (Phi) is 5.46. The third kappa shape index (κ3) is 3.84. The van der Waals surface area contributed by atoms with Crippen molar-refractivity contribution in [2.45, 2.75) is 26.2 Å². The van der Waals surface area contributed by atoms with Crippen LogP contribution in [0.5, 0.6) is 0 Å². The number of hydrogen-bond donors (Lipinski definition) is 4. The Balaban J connectivity index is 1.46. The number of fused-ring (bicyclic) bond motifs is 2. The zero-order valence-corrected chi connectivity index (χ0v) is 19.7. The van der Waals surface area contributed by atoms with Gasteiger partial charge in [-0.15, -0.1) is 5.53 Å². The molecule has 9 nitrogen and oxygen atoms in total. The second-order valence-corrected chi connectivity index (χ2v) is 9.11. The molecule has 4 aliphatic rings. The van der Waals surface area contributed by atoms with Gasteiger partial charge in [0, 0.05) is 36.2 Å². The number of anilines is 2.